The van der Waals surface area contributed by atoms with Crippen LogP contribution in [-0.2, 0) is 6.42 Å². The second kappa shape index (κ2) is 14.7. The molecule has 0 spiro atoms. The molecule has 3 nitrogen and oxygen atoms in total. The number of rotatable bonds is 5. The number of hydrogen-bond acceptors (Lipinski definition) is 5. The Hall–Kier alpha value is -7.18. The highest BCUT2D eigenvalue weighted by atomic mass is 32.1. The van der Waals surface area contributed by atoms with E-state index >= 15 is 0 Å². The van der Waals surface area contributed by atoms with E-state index in [1.165, 1.54) is 90.1 Å². The first kappa shape index (κ1) is 36.5. The average Bonchev–Trinajstić information content (AvgIpc) is 3.89. The third kappa shape index (κ3) is 6.06. The van der Waals surface area contributed by atoms with Crippen LogP contribution in [0.15, 0.2) is 204 Å². The van der Waals surface area contributed by atoms with Crippen molar-refractivity contribution in [3.8, 4) is 22.3 Å². The molecule has 0 radical (unpaired) electrons. The molecule has 1 aliphatic heterocycles. The first-order valence-corrected chi connectivity index (χ1v) is 23.4. The normalized spacial score (nSPS) is 16.1. The summed E-state index contributed by atoms with van der Waals surface area (Å²) in [6, 6.07) is 71.1. The Morgan fingerprint density at radius 1 is 0.444 bits per heavy atom. The summed E-state index contributed by atoms with van der Waals surface area (Å²) >= 11 is 3.75. The summed E-state index contributed by atoms with van der Waals surface area (Å²) < 4.78 is 5.13. The van der Waals surface area contributed by atoms with Gasteiger partial charge in [-0.25, -0.2) is 9.98 Å². The van der Waals surface area contributed by atoms with Crippen molar-refractivity contribution in [1.82, 2.24) is 5.32 Å². The zero-order valence-corrected chi connectivity index (χ0v) is 35.9. The summed E-state index contributed by atoms with van der Waals surface area (Å²) in [6.45, 7) is 0. The Labute approximate surface area is 373 Å². The molecule has 298 valence electrons. The molecular formula is C58H39N3S2. The molecule has 2 aromatic heterocycles. The molecule has 11 aromatic rings. The van der Waals surface area contributed by atoms with Gasteiger partial charge in [-0.1, -0.05) is 170 Å². The first-order valence-electron chi connectivity index (χ1n) is 21.8. The molecule has 3 heterocycles. The summed E-state index contributed by atoms with van der Waals surface area (Å²) in [5, 5.41) is 11.5. The highest BCUT2D eigenvalue weighted by molar-refractivity contribution is 7.26. The van der Waals surface area contributed by atoms with Gasteiger partial charge in [0.1, 0.15) is 11.7 Å². The lowest BCUT2D eigenvalue weighted by Crippen LogP contribution is -2.36. The van der Waals surface area contributed by atoms with E-state index in [2.05, 4.69) is 199 Å². The van der Waals surface area contributed by atoms with Crippen LogP contribution in [0.1, 0.15) is 51.9 Å². The Kier molecular flexibility index (Phi) is 8.53. The number of fused-ring (bicyclic) bond motifs is 10. The van der Waals surface area contributed by atoms with Crippen LogP contribution >= 0.6 is 22.7 Å². The first-order chi connectivity index (χ1) is 31.2. The number of amidine groups is 2. The molecule has 0 fully saturated rings. The highest BCUT2D eigenvalue weighted by Gasteiger charge is 2.30. The lowest BCUT2D eigenvalue weighted by Gasteiger charge is -2.24. The van der Waals surface area contributed by atoms with E-state index in [0.29, 0.717) is 0 Å². The van der Waals surface area contributed by atoms with Gasteiger partial charge < -0.3 is 5.32 Å². The van der Waals surface area contributed by atoms with Crippen molar-refractivity contribution in [1.29, 1.82) is 0 Å². The second-order valence-corrected chi connectivity index (χ2v) is 18.9. The molecule has 0 amide bonds. The predicted molar refractivity (Wildman–Crippen MR) is 269 cm³/mol. The SMILES string of the molecule is c1ccc(-c2ccc(C3N=C(c4cccc5sc6ccccc6c45)NC(c4ccc([C@@H]5CCc6cc7ccccc7cc6-c6ccccc65)c5sc6ccccc6c45)=N3)cc2)cc1. The van der Waals surface area contributed by atoms with E-state index in [1.807, 2.05) is 22.7 Å². The molecule has 1 aliphatic carbocycles. The Morgan fingerprint density at radius 2 is 1.06 bits per heavy atom. The van der Waals surface area contributed by atoms with Gasteiger partial charge in [0, 0.05) is 57.4 Å². The van der Waals surface area contributed by atoms with Gasteiger partial charge in [-0.2, -0.15) is 0 Å². The Bertz CT molecular complexity index is 3670. The molecule has 13 rings (SSSR count). The van der Waals surface area contributed by atoms with E-state index in [1.54, 1.807) is 0 Å². The fraction of sp³-hybridized carbons (Fsp3) is 0.0690. The largest absolute Gasteiger partial charge is 0.324 e. The zero-order valence-electron chi connectivity index (χ0n) is 34.3. The van der Waals surface area contributed by atoms with Crippen LogP contribution in [0.2, 0.25) is 0 Å². The third-order valence-corrected chi connectivity index (χ3v) is 15.6. The van der Waals surface area contributed by atoms with Crippen molar-refractivity contribution in [3.63, 3.8) is 0 Å². The minimum absolute atomic E-state index is 0.222. The van der Waals surface area contributed by atoms with Crippen LogP contribution in [0.25, 0.3) is 73.4 Å². The van der Waals surface area contributed by atoms with Crippen molar-refractivity contribution in [3.05, 3.63) is 228 Å². The molecule has 0 saturated heterocycles. The van der Waals surface area contributed by atoms with Crippen LogP contribution in [0.5, 0.6) is 0 Å². The van der Waals surface area contributed by atoms with Gasteiger partial charge in [0.15, 0.2) is 6.17 Å². The molecule has 2 aliphatic rings. The lowest BCUT2D eigenvalue weighted by atomic mass is 9.84. The number of thiophene rings is 2. The molecule has 5 heteroatoms. The molecule has 2 atom stereocenters. The third-order valence-electron chi connectivity index (χ3n) is 13.2. The second-order valence-electron chi connectivity index (χ2n) is 16.8. The minimum Gasteiger partial charge on any atom is -0.324 e. The summed E-state index contributed by atoms with van der Waals surface area (Å²) in [6.07, 6.45) is 1.60. The van der Waals surface area contributed by atoms with E-state index in [-0.39, 0.29) is 5.92 Å². The topological polar surface area (TPSA) is 36.8 Å². The van der Waals surface area contributed by atoms with Gasteiger partial charge >= 0.3 is 0 Å². The summed E-state index contributed by atoms with van der Waals surface area (Å²) in [7, 11) is 0. The summed E-state index contributed by atoms with van der Waals surface area (Å²) in [4.78, 5) is 11.0. The molecule has 63 heavy (non-hydrogen) atoms. The van der Waals surface area contributed by atoms with Crippen molar-refractivity contribution < 1.29 is 0 Å². The number of hydrogen-bond donors (Lipinski definition) is 1. The fourth-order valence-electron chi connectivity index (χ4n) is 10.2. The lowest BCUT2D eigenvalue weighted by molar-refractivity contribution is 0.731. The van der Waals surface area contributed by atoms with Crippen molar-refractivity contribution in [2.75, 3.05) is 0 Å². The van der Waals surface area contributed by atoms with Crippen LogP contribution in [0, 0.1) is 0 Å². The Balaban J connectivity index is 0.989. The molecule has 1 unspecified atom stereocenters. The summed E-state index contributed by atoms with van der Waals surface area (Å²) in [5.74, 6) is 1.90. The van der Waals surface area contributed by atoms with Crippen molar-refractivity contribution in [2.45, 2.75) is 24.9 Å². The smallest absolute Gasteiger partial charge is 0.169 e. The van der Waals surface area contributed by atoms with Crippen LogP contribution in [0.3, 0.4) is 0 Å². The number of aliphatic imine (C=N–C) groups is 2. The maximum atomic E-state index is 5.54. The van der Waals surface area contributed by atoms with Gasteiger partial charge in [-0.15, -0.1) is 22.7 Å². The number of benzene rings is 9. The average molecular weight is 842 g/mol. The van der Waals surface area contributed by atoms with Gasteiger partial charge in [-0.05, 0) is 92.4 Å². The van der Waals surface area contributed by atoms with Gasteiger partial charge in [-0.3, -0.25) is 0 Å². The van der Waals surface area contributed by atoms with Crippen LogP contribution in [-0.4, -0.2) is 11.7 Å². The number of nitrogens with one attached hydrogen (secondary N) is 1. The maximum Gasteiger partial charge on any atom is 0.169 e. The molecule has 1 N–H and O–H groups in total. The van der Waals surface area contributed by atoms with Gasteiger partial charge in [0.05, 0.1) is 0 Å². The van der Waals surface area contributed by atoms with E-state index in [9.17, 15) is 0 Å². The highest BCUT2D eigenvalue weighted by Crippen LogP contribution is 2.48. The molecule has 0 saturated carbocycles. The van der Waals surface area contributed by atoms with E-state index in [0.717, 1.165) is 41.2 Å². The van der Waals surface area contributed by atoms with Crippen LogP contribution in [0.4, 0.5) is 0 Å². The summed E-state index contributed by atoms with van der Waals surface area (Å²) in [5.41, 5.74) is 12.5. The van der Waals surface area contributed by atoms with Crippen LogP contribution < -0.4 is 5.32 Å². The van der Waals surface area contributed by atoms with Gasteiger partial charge in [0.2, 0.25) is 0 Å². The number of aryl methyl sites for hydroxylation is 1. The fourth-order valence-corrected chi connectivity index (χ4v) is 12.6. The van der Waals surface area contributed by atoms with E-state index in [4.69, 9.17) is 9.98 Å². The van der Waals surface area contributed by atoms with E-state index < -0.39 is 6.17 Å². The maximum absolute atomic E-state index is 5.54. The van der Waals surface area contributed by atoms with Crippen molar-refractivity contribution in [2.24, 2.45) is 9.98 Å². The quantitative estimate of drug-likeness (QED) is 0.184. The molecule has 0 bridgehead atoms. The van der Waals surface area contributed by atoms with Gasteiger partial charge in [0.25, 0.3) is 0 Å². The predicted octanol–water partition coefficient (Wildman–Crippen LogP) is 15.5. The standard InChI is InChI=1S/C58H39N3S2/c1-2-13-35(14-3-1)36-25-27-37(28-26-36)56-59-57(47-21-12-24-52-53(47)45-19-8-10-22-50(45)62-52)61-58(60-56)48-32-31-44(55-54(48)46-20-9-11-23-51(46)63-55)43-30-29-40-33-38-15-4-5-16-39(38)34-49(40)42-18-7-6-17-41(42)43/h1-28,31-34,43,56H,29-30H2,(H,59,60,61)/t43-,56?/m1/s1. The monoisotopic (exact) mass is 841 g/mol. The molecular weight excluding hydrogens is 803 g/mol. The number of nitrogens with zero attached hydrogens (tertiary/aromatic N) is 2. The Morgan fingerprint density at radius 3 is 1.87 bits per heavy atom. The molecule has 9 aromatic carbocycles. The zero-order chi connectivity index (χ0) is 41.4. The van der Waals surface area contributed by atoms with Crippen molar-refractivity contribution >= 4 is 85.5 Å². The minimum atomic E-state index is -0.441.